The molecule has 5 nitrogen and oxygen atoms in total. The number of hydrogen-bond donors (Lipinski definition) is 3. The van der Waals surface area contributed by atoms with Crippen LogP contribution in [0, 0.1) is 0 Å². The lowest BCUT2D eigenvalue weighted by Gasteiger charge is -1.97. The molecule has 0 aromatic heterocycles. The van der Waals surface area contributed by atoms with E-state index in [1.807, 2.05) is 6.92 Å². The fourth-order valence-corrected chi connectivity index (χ4v) is 0.708. The van der Waals surface area contributed by atoms with Crippen molar-refractivity contribution in [2.45, 2.75) is 19.8 Å². The normalized spacial score (nSPS) is 10.2. The second-order valence-corrected chi connectivity index (χ2v) is 2.19. The molecular weight excluding hydrogens is 158 g/mol. The molecule has 0 aliphatic rings. The molecule has 0 atom stereocenters. The first-order valence-electron chi connectivity index (χ1n) is 3.37. The topological polar surface area (TPSA) is 121 Å². The molecule has 0 rings (SSSR count). The monoisotopic (exact) mass is 173 g/mol. The maximum absolute atomic E-state index is 10.6. The van der Waals surface area contributed by atoms with Crippen molar-refractivity contribution in [3.63, 3.8) is 0 Å². The molecule has 0 fully saturated rings. The Hall–Kier alpha value is -1.36. The van der Waals surface area contributed by atoms with Crippen molar-refractivity contribution in [3.8, 4) is 0 Å². The van der Waals surface area contributed by atoms with Crippen molar-refractivity contribution in [2.75, 3.05) is 0 Å². The zero-order valence-corrected chi connectivity index (χ0v) is 7.17. The standard InChI is InChI=1S/C7H12N2O2.H3N/c1-2-3-5(7(9)11)4-6(8)10;/h4H,2-3H2,1H3,(H2,8,10)(H2,9,11);1H3/b5-4-;. The lowest BCUT2D eigenvalue weighted by atomic mass is 10.1. The highest BCUT2D eigenvalue weighted by Gasteiger charge is 2.03. The van der Waals surface area contributed by atoms with Crippen LogP contribution in [0.3, 0.4) is 0 Å². The van der Waals surface area contributed by atoms with Gasteiger partial charge in [-0.15, -0.1) is 0 Å². The van der Waals surface area contributed by atoms with Gasteiger partial charge < -0.3 is 17.6 Å². The molecule has 0 aliphatic heterocycles. The first-order valence-corrected chi connectivity index (χ1v) is 3.37. The van der Waals surface area contributed by atoms with Gasteiger partial charge >= 0.3 is 0 Å². The lowest BCUT2D eigenvalue weighted by Crippen LogP contribution is -2.17. The van der Waals surface area contributed by atoms with Crippen LogP contribution in [-0.2, 0) is 9.59 Å². The second-order valence-electron chi connectivity index (χ2n) is 2.19. The van der Waals surface area contributed by atoms with E-state index < -0.39 is 11.8 Å². The third-order valence-corrected chi connectivity index (χ3v) is 1.15. The highest BCUT2D eigenvalue weighted by molar-refractivity contribution is 5.99. The Labute approximate surface area is 71.4 Å². The SMILES string of the molecule is CCC/C(=C/C(N)=O)C(N)=O.N. The summed E-state index contributed by atoms with van der Waals surface area (Å²) in [5.74, 6) is -1.21. The summed E-state index contributed by atoms with van der Waals surface area (Å²) in [6.45, 7) is 1.89. The number of rotatable bonds is 4. The maximum atomic E-state index is 10.6. The summed E-state index contributed by atoms with van der Waals surface area (Å²) in [4.78, 5) is 20.9. The Balaban J connectivity index is 0. The molecule has 0 saturated heterocycles. The van der Waals surface area contributed by atoms with Gasteiger partial charge in [-0.25, -0.2) is 0 Å². The van der Waals surface area contributed by atoms with Crippen molar-refractivity contribution in [1.29, 1.82) is 0 Å². The molecule has 0 heterocycles. The summed E-state index contributed by atoms with van der Waals surface area (Å²) >= 11 is 0. The second kappa shape index (κ2) is 6.36. The van der Waals surface area contributed by atoms with Gasteiger partial charge in [0, 0.05) is 11.6 Å². The van der Waals surface area contributed by atoms with Crippen molar-refractivity contribution >= 4 is 11.8 Å². The van der Waals surface area contributed by atoms with Crippen LogP contribution < -0.4 is 17.6 Å². The van der Waals surface area contributed by atoms with Gasteiger partial charge in [-0.3, -0.25) is 9.59 Å². The maximum Gasteiger partial charge on any atom is 0.244 e. The number of nitrogens with two attached hydrogens (primary N) is 2. The van der Waals surface area contributed by atoms with Crippen molar-refractivity contribution in [3.05, 3.63) is 11.6 Å². The van der Waals surface area contributed by atoms with E-state index in [1.54, 1.807) is 0 Å². The largest absolute Gasteiger partial charge is 0.366 e. The quantitative estimate of drug-likeness (QED) is 0.512. The minimum absolute atomic E-state index is 0. The molecular formula is C7H15N3O2. The van der Waals surface area contributed by atoms with Gasteiger partial charge in [0.2, 0.25) is 11.8 Å². The minimum Gasteiger partial charge on any atom is -0.366 e. The van der Waals surface area contributed by atoms with E-state index >= 15 is 0 Å². The molecule has 0 unspecified atom stereocenters. The van der Waals surface area contributed by atoms with Crippen LogP contribution in [-0.4, -0.2) is 11.8 Å². The van der Waals surface area contributed by atoms with Gasteiger partial charge in [0.05, 0.1) is 0 Å². The summed E-state index contributed by atoms with van der Waals surface area (Å²) in [6, 6.07) is 0. The summed E-state index contributed by atoms with van der Waals surface area (Å²) in [7, 11) is 0. The number of primary amides is 2. The molecule has 0 aliphatic carbocycles. The lowest BCUT2D eigenvalue weighted by molar-refractivity contribution is -0.116. The fraction of sp³-hybridized carbons (Fsp3) is 0.429. The van der Waals surface area contributed by atoms with Gasteiger partial charge in [-0.1, -0.05) is 13.3 Å². The van der Waals surface area contributed by atoms with E-state index in [1.165, 1.54) is 0 Å². The van der Waals surface area contributed by atoms with Gasteiger partial charge in [-0.05, 0) is 6.42 Å². The van der Waals surface area contributed by atoms with Crippen LogP contribution in [0.5, 0.6) is 0 Å². The summed E-state index contributed by atoms with van der Waals surface area (Å²) in [6.07, 6.45) is 2.34. The first-order chi connectivity index (χ1) is 5.07. The van der Waals surface area contributed by atoms with E-state index in [9.17, 15) is 9.59 Å². The van der Waals surface area contributed by atoms with E-state index in [4.69, 9.17) is 11.5 Å². The number of amides is 2. The predicted molar refractivity (Wildman–Crippen MR) is 46.4 cm³/mol. The Kier molecular flexibility index (Phi) is 7.02. The van der Waals surface area contributed by atoms with E-state index in [0.717, 1.165) is 12.5 Å². The Bertz CT molecular complexity index is 199. The van der Waals surface area contributed by atoms with Crippen molar-refractivity contribution < 1.29 is 9.59 Å². The van der Waals surface area contributed by atoms with Gasteiger partial charge in [-0.2, -0.15) is 0 Å². The molecule has 70 valence electrons. The molecule has 0 aromatic carbocycles. The van der Waals surface area contributed by atoms with Crippen LogP contribution in [0.15, 0.2) is 11.6 Å². The van der Waals surface area contributed by atoms with Crippen molar-refractivity contribution in [1.82, 2.24) is 6.15 Å². The fourth-order valence-electron chi connectivity index (χ4n) is 0.708. The summed E-state index contributed by atoms with van der Waals surface area (Å²) in [5.41, 5.74) is 10.1. The molecule has 0 radical (unpaired) electrons. The molecule has 7 N–H and O–H groups in total. The average Bonchev–Trinajstić information content (AvgIpc) is 1.86. The smallest absolute Gasteiger partial charge is 0.244 e. The molecule has 0 spiro atoms. The van der Waals surface area contributed by atoms with Crippen LogP contribution in [0.25, 0.3) is 0 Å². The molecule has 2 amide bonds. The number of carbonyl (C=O) groups is 2. The van der Waals surface area contributed by atoms with Crippen LogP contribution in [0.4, 0.5) is 0 Å². The average molecular weight is 173 g/mol. The molecule has 5 heteroatoms. The molecule has 12 heavy (non-hydrogen) atoms. The van der Waals surface area contributed by atoms with Gasteiger partial charge in [0.1, 0.15) is 0 Å². The highest BCUT2D eigenvalue weighted by Crippen LogP contribution is 2.02. The van der Waals surface area contributed by atoms with Gasteiger partial charge in [0.15, 0.2) is 0 Å². The van der Waals surface area contributed by atoms with Crippen LogP contribution in [0.2, 0.25) is 0 Å². The summed E-state index contributed by atoms with van der Waals surface area (Å²) < 4.78 is 0. The van der Waals surface area contributed by atoms with E-state index in [-0.39, 0.29) is 6.15 Å². The number of hydrogen-bond acceptors (Lipinski definition) is 3. The highest BCUT2D eigenvalue weighted by atomic mass is 16.1. The molecule has 0 bridgehead atoms. The summed E-state index contributed by atoms with van der Waals surface area (Å²) in [5, 5.41) is 0. The third-order valence-electron chi connectivity index (χ3n) is 1.15. The minimum atomic E-state index is -0.632. The molecule has 0 aromatic rings. The molecule has 0 saturated carbocycles. The van der Waals surface area contributed by atoms with Gasteiger partial charge in [0.25, 0.3) is 0 Å². The third kappa shape index (κ3) is 5.43. The first kappa shape index (κ1) is 13.2. The Morgan fingerprint density at radius 3 is 2.08 bits per heavy atom. The Morgan fingerprint density at radius 2 is 1.83 bits per heavy atom. The number of carbonyl (C=O) groups excluding carboxylic acids is 2. The Morgan fingerprint density at radius 1 is 1.33 bits per heavy atom. The van der Waals surface area contributed by atoms with E-state index in [0.29, 0.717) is 12.0 Å². The predicted octanol–water partition coefficient (Wildman–Crippen LogP) is -0.154. The zero-order valence-electron chi connectivity index (χ0n) is 7.17. The van der Waals surface area contributed by atoms with E-state index in [2.05, 4.69) is 0 Å². The zero-order chi connectivity index (χ0) is 8.85. The van der Waals surface area contributed by atoms with Crippen LogP contribution in [0.1, 0.15) is 19.8 Å². The van der Waals surface area contributed by atoms with Crippen LogP contribution >= 0.6 is 0 Å². The van der Waals surface area contributed by atoms with Crippen molar-refractivity contribution in [2.24, 2.45) is 11.5 Å².